The van der Waals surface area contributed by atoms with Gasteiger partial charge in [-0.25, -0.2) is 0 Å². The van der Waals surface area contributed by atoms with E-state index >= 15 is 0 Å². The van der Waals surface area contributed by atoms with Crippen LogP contribution in [0, 0.1) is 17.8 Å². The fraction of sp³-hybridized carbons (Fsp3) is 0.613. The van der Waals surface area contributed by atoms with E-state index in [1.807, 2.05) is 12.1 Å². The third kappa shape index (κ3) is 6.91. The van der Waals surface area contributed by atoms with Crippen molar-refractivity contribution in [3.05, 3.63) is 47.1 Å². The topological polar surface area (TPSA) is 76.7 Å². The van der Waals surface area contributed by atoms with E-state index in [1.54, 1.807) is 0 Å². The van der Waals surface area contributed by atoms with Crippen molar-refractivity contribution in [1.82, 2.24) is 10.6 Å². The highest BCUT2D eigenvalue weighted by molar-refractivity contribution is 5.79. The number of rotatable bonds is 10. The van der Waals surface area contributed by atoms with E-state index in [2.05, 4.69) is 44.1 Å². The molecule has 0 spiro atoms. The lowest BCUT2D eigenvalue weighted by atomic mass is 9.73. The average molecular weight is 509 g/mol. The van der Waals surface area contributed by atoms with Gasteiger partial charge in [-0.15, -0.1) is 0 Å². The van der Waals surface area contributed by atoms with E-state index in [0.717, 1.165) is 81.2 Å². The van der Waals surface area contributed by atoms with Crippen LogP contribution >= 0.6 is 0 Å². The highest BCUT2D eigenvalue weighted by Gasteiger charge is 2.35. The number of hydrogen-bond acceptors (Lipinski definition) is 6. The van der Waals surface area contributed by atoms with E-state index in [0.29, 0.717) is 24.6 Å². The summed E-state index contributed by atoms with van der Waals surface area (Å²) in [5.41, 5.74) is 4.24. The minimum atomic E-state index is -0.211. The zero-order valence-electron chi connectivity index (χ0n) is 22.9. The average Bonchev–Trinajstić information content (AvgIpc) is 3.59. The monoisotopic (exact) mass is 508 g/mol. The molecule has 202 valence electrons. The van der Waals surface area contributed by atoms with E-state index < -0.39 is 0 Å². The molecule has 6 nitrogen and oxygen atoms in total. The fourth-order valence-corrected chi connectivity index (χ4v) is 5.88. The Balaban J connectivity index is 1.79. The number of carbonyl (C=O) groups is 2. The second-order valence-electron chi connectivity index (χ2n) is 11.2. The van der Waals surface area contributed by atoms with Gasteiger partial charge in [-0.1, -0.05) is 43.6 Å². The largest absolute Gasteiger partial charge is 0.426 e. The van der Waals surface area contributed by atoms with Gasteiger partial charge >= 0.3 is 11.9 Å². The van der Waals surface area contributed by atoms with Crippen LogP contribution in [0.2, 0.25) is 0 Å². The van der Waals surface area contributed by atoms with Crippen molar-refractivity contribution >= 4 is 11.9 Å². The summed E-state index contributed by atoms with van der Waals surface area (Å²) in [7, 11) is 0. The Morgan fingerprint density at radius 1 is 0.973 bits per heavy atom. The van der Waals surface area contributed by atoms with Gasteiger partial charge in [0.1, 0.15) is 11.5 Å². The Morgan fingerprint density at radius 3 is 2.05 bits per heavy atom. The predicted molar refractivity (Wildman–Crippen MR) is 147 cm³/mol. The van der Waals surface area contributed by atoms with Crippen molar-refractivity contribution in [2.45, 2.75) is 78.1 Å². The smallest absolute Gasteiger partial charge is 0.315 e. The molecule has 0 radical (unpaired) electrons. The SMILES string of the molecule is C=C(C)[C@@H]1CCC(C)=C[C@H]1c1c(OC(=O)C2CCNC2)cc(CCCCC)cc1OC(=O)C1CCNC1. The lowest BCUT2D eigenvalue weighted by Crippen LogP contribution is -2.26. The van der Waals surface area contributed by atoms with Crippen molar-refractivity contribution in [1.29, 1.82) is 0 Å². The van der Waals surface area contributed by atoms with Gasteiger partial charge in [-0.2, -0.15) is 0 Å². The Bertz CT molecular complexity index is 967. The first kappa shape index (κ1) is 27.6. The molecular weight excluding hydrogens is 464 g/mol. The third-order valence-corrected chi connectivity index (χ3v) is 8.15. The number of esters is 2. The molecule has 2 N–H and O–H groups in total. The molecule has 2 unspecified atom stereocenters. The summed E-state index contributed by atoms with van der Waals surface area (Å²) in [5, 5.41) is 6.52. The number of benzene rings is 1. The molecule has 2 aliphatic heterocycles. The number of carbonyl (C=O) groups excluding carboxylic acids is 2. The maximum Gasteiger partial charge on any atom is 0.315 e. The molecule has 4 rings (SSSR count). The molecule has 0 bridgehead atoms. The number of ether oxygens (including phenoxy) is 2. The van der Waals surface area contributed by atoms with Crippen molar-refractivity contribution in [3.8, 4) is 11.5 Å². The molecule has 0 aromatic heterocycles. The number of allylic oxidation sites excluding steroid dienone is 3. The summed E-state index contributed by atoms with van der Waals surface area (Å²) in [6.07, 6.45) is 9.92. The summed E-state index contributed by atoms with van der Waals surface area (Å²) >= 11 is 0. The van der Waals surface area contributed by atoms with Crippen LogP contribution in [0.4, 0.5) is 0 Å². The predicted octanol–water partition coefficient (Wildman–Crippen LogP) is 5.47. The molecular formula is C31H44N2O4. The van der Waals surface area contributed by atoms with Crippen LogP contribution in [-0.4, -0.2) is 38.1 Å². The van der Waals surface area contributed by atoms with Crippen LogP contribution in [0.3, 0.4) is 0 Å². The zero-order valence-corrected chi connectivity index (χ0v) is 22.9. The summed E-state index contributed by atoms with van der Waals surface area (Å²) < 4.78 is 12.4. The summed E-state index contributed by atoms with van der Waals surface area (Å²) in [5.74, 6) is 0.465. The number of unbranched alkanes of at least 4 members (excludes halogenated alkanes) is 2. The van der Waals surface area contributed by atoms with Crippen LogP contribution < -0.4 is 20.1 Å². The zero-order chi connectivity index (χ0) is 26.4. The number of aryl methyl sites for hydroxylation is 1. The second-order valence-corrected chi connectivity index (χ2v) is 11.2. The van der Waals surface area contributed by atoms with E-state index in [-0.39, 0.29) is 35.6 Å². The molecule has 2 saturated heterocycles. The van der Waals surface area contributed by atoms with Gasteiger partial charge < -0.3 is 20.1 Å². The van der Waals surface area contributed by atoms with Gasteiger partial charge in [0.05, 0.1) is 11.8 Å². The van der Waals surface area contributed by atoms with Crippen LogP contribution in [0.25, 0.3) is 0 Å². The Morgan fingerprint density at radius 2 is 1.57 bits per heavy atom. The molecule has 1 aliphatic carbocycles. The highest BCUT2D eigenvalue weighted by atomic mass is 16.5. The second kappa shape index (κ2) is 12.9. The Hall–Kier alpha value is -2.44. The lowest BCUT2D eigenvalue weighted by Gasteiger charge is -2.33. The van der Waals surface area contributed by atoms with Gasteiger partial charge in [0.2, 0.25) is 0 Å². The summed E-state index contributed by atoms with van der Waals surface area (Å²) in [6.45, 7) is 13.6. The molecule has 0 amide bonds. The van der Waals surface area contributed by atoms with Crippen LogP contribution in [-0.2, 0) is 16.0 Å². The standard InChI is InChI=1S/C31H44N2O4/c1-5-6-7-8-22-16-27(36-30(34)23-11-13-32-18-23)29(26-15-21(4)9-10-25(26)20(2)3)28(17-22)37-31(35)24-12-14-33-19-24/h15-17,23-26,32-33H,2,5-14,18-19H2,1,3-4H3/t23?,24?,25-,26+/m0/s1. The normalized spacial score (nSPS) is 25.5. The summed E-state index contributed by atoms with van der Waals surface area (Å²) in [4.78, 5) is 26.5. The van der Waals surface area contributed by atoms with Crippen molar-refractivity contribution in [3.63, 3.8) is 0 Å². The molecule has 1 aromatic carbocycles. The van der Waals surface area contributed by atoms with E-state index in [4.69, 9.17) is 9.47 Å². The quantitative estimate of drug-likeness (QED) is 0.189. The minimum absolute atomic E-state index is 0.0649. The minimum Gasteiger partial charge on any atom is -0.426 e. The van der Waals surface area contributed by atoms with E-state index in [9.17, 15) is 9.59 Å². The van der Waals surface area contributed by atoms with Crippen LogP contribution in [0.5, 0.6) is 11.5 Å². The third-order valence-electron chi connectivity index (χ3n) is 8.15. The van der Waals surface area contributed by atoms with Crippen LogP contribution in [0.15, 0.2) is 35.9 Å². The van der Waals surface area contributed by atoms with Gasteiger partial charge in [0, 0.05) is 24.6 Å². The molecule has 6 heteroatoms. The highest BCUT2D eigenvalue weighted by Crippen LogP contribution is 2.48. The first-order valence-electron chi connectivity index (χ1n) is 14.2. The lowest BCUT2D eigenvalue weighted by molar-refractivity contribution is -0.138. The molecule has 3 aliphatic rings. The van der Waals surface area contributed by atoms with Crippen molar-refractivity contribution < 1.29 is 19.1 Å². The maximum absolute atomic E-state index is 13.2. The van der Waals surface area contributed by atoms with Gasteiger partial charge in [-0.3, -0.25) is 9.59 Å². The first-order valence-corrected chi connectivity index (χ1v) is 14.2. The first-order chi connectivity index (χ1) is 17.9. The van der Waals surface area contributed by atoms with Gasteiger partial charge in [0.25, 0.3) is 0 Å². The number of nitrogens with one attached hydrogen (secondary N) is 2. The Labute approximate surface area is 222 Å². The van der Waals surface area contributed by atoms with Gasteiger partial charge in [-0.05, 0) is 89.1 Å². The molecule has 37 heavy (non-hydrogen) atoms. The molecule has 2 fully saturated rings. The number of hydrogen-bond donors (Lipinski definition) is 2. The maximum atomic E-state index is 13.2. The Kier molecular flexibility index (Phi) is 9.60. The van der Waals surface area contributed by atoms with Crippen molar-refractivity contribution in [2.75, 3.05) is 26.2 Å². The van der Waals surface area contributed by atoms with Crippen molar-refractivity contribution in [2.24, 2.45) is 17.8 Å². The van der Waals surface area contributed by atoms with Crippen LogP contribution in [0.1, 0.15) is 82.8 Å². The molecule has 4 atom stereocenters. The molecule has 0 saturated carbocycles. The summed E-state index contributed by atoms with van der Waals surface area (Å²) in [6, 6.07) is 4.04. The fourth-order valence-electron chi connectivity index (χ4n) is 5.88. The molecule has 2 heterocycles. The van der Waals surface area contributed by atoms with E-state index in [1.165, 1.54) is 5.57 Å². The van der Waals surface area contributed by atoms with Gasteiger partial charge in [0.15, 0.2) is 0 Å². The molecule has 1 aromatic rings.